The first-order valence-electron chi connectivity index (χ1n) is 4.45. The molecule has 70 valence electrons. The van der Waals surface area contributed by atoms with Gasteiger partial charge >= 0.3 is 0 Å². The molecule has 1 aromatic carbocycles. The zero-order valence-corrected chi connectivity index (χ0v) is 8.01. The Labute approximate surface area is 79.5 Å². The summed E-state index contributed by atoms with van der Waals surface area (Å²) in [7, 11) is 0. The van der Waals surface area contributed by atoms with Crippen molar-refractivity contribution in [1.29, 1.82) is 0 Å². The summed E-state index contributed by atoms with van der Waals surface area (Å²) >= 11 is 0. The van der Waals surface area contributed by atoms with Crippen molar-refractivity contribution in [1.82, 2.24) is 0 Å². The lowest BCUT2D eigenvalue weighted by atomic mass is 10.1. The fourth-order valence-electron chi connectivity index (χ4n) is 1.23. The summed E-state index contributed by atoms with van der Waals surface area (Å²) in [4.78, 5) is 0. The van der Waals surface area contributed by atoms with Crippen molar-refractivity contribution >= 4 is 11.4 Å². The maximum Gasteiger partial charge on any atom is 0.0603 e. The van der Waals surface area contributed by atoms with Crippen LogP contribution in [-0.2, 0) is 0 Å². The number of nitrogens with one attached hydrogen (secondary N) is 1. The first kappa shape index (κ1) is 9.65. The Morgan fingerprint density at radius 3 is 2.92 bits per heavy atom. The summed E-state index contributed by atoms with van der Waals surface area (Å²) in [6, 6.07) is 5.92. The van der Waals surface area contributed by atoms with Gasteiger partial charge in [0, 0.05) is 6.54 Å². The molecular formula is C11H16N2. The molecule has 0 atom stereocenters. The molecule has 2 nitrogen and oxygen atoms in total. The van der Waals surface area contributed by atoms with E-state index in [1.807, 2.05) is 31.2 Å². The smallest absolute Gasteiger partial charge is 0.0603 e. The quantitative estimate of drug-likeness (QED) is 0.420. The van der Waals surface area contributed by atoms with Gasteiger partial charge in [0.05, 0.1) is 11.4 Å². The van der Waals surface area contributed by atoms with Gasteiger partial charge in [-0.2, -0.15) is 0 Å². The lowest BCUT2D eigenvalue weighted by Gasteiger charge is -2.10. The maximum absolute atomic E-state index is 5.82. The molecule has 0 saturated heterocycles. The summed E-state index contributed by atoms with van der Waals surface area (Å²) in [6.07, 6.45) is 2.84. The van der Waals surface area contributed by atoms with E-state index >= 15 is 0 Å². The Morgan fingerprint density at radius 1 is 1.54 bits per heavy atom. The summed E-state index contributed by atoms with van der Waals surface area (Å²) in [5.41, 5.74) is 8.85. The van der Waals surface area contributed by atoms with Crippen LogP contribution in [0, 0.1) is 6.92 Å². The van der Waals surface area contributed by atoms with E-state index in [-0.39, 0.29) is 0 Å². The number of nitrogens with two attached hydrogens (primary N) is 1. The van der Waals surface area contributed by atoms with Crippen LogP contribution in [0.4, 0.5) is 11.4 Å². The molecule has 3 N–H and O–H groups in total. The number of aryl methyl sites for hydroxylation is 1. The molecule has 13 heavy (non-hydrogen) atoms. The van der Waals surface area contributed by atoms with Crippen molar-refractivity contribution in [3.05, 3.63) is 36.4 Å². The van der Waals surface area contributed by atoms with E-state index in [9.17, 15) is 0 Å². The van der Waals surface area contributed by atoms with Gasteiger partial charge in [-0.3, -0.25) is 0 Å². The van der Waals surface area contributed by atoms with Gasteiger partial charge in [-0.1, -0.05) is 18.2 Å². The Hall–Kier alpha value is -1.44. The standard InChI is InChI=1S/C11H16N2/c1-3-4-8-13-11-9(2)6-5-7-10(11)12/h3,5-7,13H,1,4,8,12H2,2H3. The van der Waals surface area contributed by atoms with E-state index in [1.165, 1.54) is 5.56 Å². The number of hydrogen-bond acceptors (Lipinski definition) is 2. The minimum atomic E-state index is 0.809. The molecule has 0 aliphatic carbocycles. The molecule has 0 fully saturated rings. The van der Waals surface area contributed by atoms with Crippen LogP contribution >= 0.6 is 0 Å². The van der Waals surface area contributed by atoms with Crippen molar-refractivity contribution in [2.24, 2.45) is 0 Å². The minimum absolute atomic E-state index is 0.809. The monoisotopic (exact) mass is 176 g/mol. The molecule has 0 unspecified atom stereocenters. The van der Waals surface area contributed by atoms with Crippen molar-refractivity contribution < 1.29 is 0 Å². The summed E-state index contributed by atoms with van der Waals surface area (Å²) in [5, 5.41) is 3.29. The highest BCUT2D eigenvalue weighted by Crippen LogP contribution is 2.21. The van der Waals surface area contributed by atoms with Crippen LogP contribution in [0.3, 0.4) is 0 Å². The SMILES string of the molecule is C=CCCNc1c(C)cccc1N. The van der Waals surface area contributed by atoms with Gasteiger partial charge in [-0.05, 0) is 25.0 Å². The van der Waals surface area contributed by atoms with E-state index in [2.05, 4.69) is 11.9 Å². The number of hydrogen-bond donors (Lipinski definition) is 2. The molecule has 2 heteroatoms. The van der Waals surface area contributed by atoms with Crippen molar-refractivity contribution in [3.63, 3.8) is 0 Å². The molecule has 0 aromatic heterocycles. The average Bonchev–Trinajstić information content (AvgIpc) is 2.10. The molecule has 1 aromatic rings. The van der Waals surface area contributed by atoms with Gasteiger partial charge in [0.25, 0.3) is 0 Å². The van der Waals surface area contributed by atoms with E-state index in [1.54, 1.807) is 0 Å². The van der Waals surface area contributed by atoms with Crippen LogP contribution in [-0.4, -0.2) is 6.54 Å². The molecule has 1 rings (SSSR count). The van der Waals surface area contributed by atoms with Crippen LogP contribution in [0.25, 0.3) is 0 Å². The van der Waals surface area contributed by atoms with Crippen molar-refractivity contribution in [2.45, 2.75) is 13.3 Å². The zero-order valence-electron chi connectivity index (χ0n) is 8.01. The average molecular weight is 176 g/mol. The number of para-hydroxylation sites is 1. The molecule has 0 bridgehead atoms. The lowest BCUT2D eigenvalue weighted by molar-refractivity contribution is 1.07. The summed E-state index contributed by atoms with van der Waals surface area (Å²) < 4.78 is 0. The second-order valence-electron chi connectivity index (χ2n) is 3.04. The van der Waals surface area contributed by atoms with Crippen LogP contribution in [0.5, 0.6) is 0 Å². The molecule has 0 aliphatic rings. The third-order valence-electron chi connectivity index (χ3n) is 1.96. The highest BCUT2D eigenvalue weighted by atomic mass is 14.9. The second kappa shape index (κ2) is 4.55. The van der Waals surface area contributed by atoms with Crippen LogP contribution in [0.1, 0.15) is 12.0 Å². The largest absolute Gasteiger partial charge is 0.397 e. The highest BCUT2D eigenvalue weighted by molar-refractivity contribution is 5.69. The number of rotatable bonds is 4. The molecule has 0 aliphatic heterocycles. The predicted molar refractivity (Wildman–Crippen MR) is 58.9 cm³/mol. The van der Waals surface area contributed by atoms with Crippen molar-refractivity contribution in [3.8, 4) is 0 Å². The fourth-order valence-corrected chi connectivity index (χ4v) is 1.23. The van der Waals surface area contributed by atoms with Gasteiger partial charge in [-0.25, -0.2) is 0 Å². The lowest BCUT2D eigenvalue weighted by Crippen LogP contribution is -2.04. The molecular weight excluding hydrogens is 160 g/mol. The molecule has 0 amide bonds. The Morgan fingerprint density at radius 2 is 2.31 bits per heavy atom. The molecule has 0 radical (unpaired) electrons. The molecule has 0 spiro atoms. The zero-order chi connectivity index (χ0) is 9.68. The van der Waals surface area contributed by atoms with E-state index < -0.39 is 0 Å². The maximum atomic E-state index is 5.82. The van der Waals surface area contributed by atoms with E-state index in [0.29, 0.717) is 0 Å². The molecule has 0 saturated carbocycles. The first-order valence-corrected chi connectivity index (χ1v) is 4.45. The predicted octanol–water partition coefficient (Wildman–Crippen LogP) is 2.57. The second-order valence-corrected chi connectivity index (χ2v) is 3.04. The Balaban J connectivity index is 2.69. The first-order chi connectivity index (χ1) is 6.25. The van der Waals surface area contributed by atoms with Gasteiger partial charge < -0.3 is 11.1 Å². The molecule has 0 heterocycles. The van der Waals surface area contributed by atoms with Crippen molar-refractivity contribution in [2.75, 3.05) is 17.6 Å². The van der Waals surface area contributed by atoms with Gasteiger partial charge in [-0.15, -0.1) is 6.58 Å². The fraction of sp³-hybridized carbons (Fsp3) is 0.273. The normalized spacial score (nSPS) is 9.62. The van der Waals surface area contributed by atoms with Crippen LogP contribution < -0.4 is 11.1 Å². The van der Waals surface area contributed by atoms with Gasteiger partial charge in [0.2, 0.25) is 0 Å². The highest BCUT2D eigenvalue weighted by Gasteiger charge is 1.99. The van der Waals surface area contributed by atoms with E-state index in [0.717, 1.165) is 24.3 Å². The third-order valence-corrected chi connectivity index (χ3v) is 1.96. The van der Waals surface area contributed by atoms with Crippen LogP contribution in [0.15, 0.2) is 30.9 Å². The minimum Gasteiger partial charge on any atom is -0.397 e. The topological polar surface area (TPSA) is 38.0 Å². The number of nitrogen functional groups attached to an aromatic ring is 1. The summed E-state index contributed by atoms with van der Waals surface area (Å²) in [6.45, 7) is 6.60. The summed E-state index contributed by atoms with van der Waals surface area (Å²) in [5.74, 6) is 0. The Kier molecular flexibility index (Phi) is 3.38. The number of anilines is 2. The third kappa shape index (κ3) is 2.51. The van der Waals surface area contributed by atoms with Gasteiger partial charge in [0.1, 0.15) is 0 Å². The number of benzene rings is 1. The van der Waals surface area contributed by atoms with Crippen LogP contribution in [0.2, 0.25) is 0 Å². The van der Waals surface area contributed by atoms with E-state index in [4.69, 9.17) is 5.73 Å². The van der Waals surface area contributed by atoms with Gasteiger partial charge in [0.15, 0.2) is 0 Å². The Bertz CT molecular complexity index is 272.